The Morgan fingerprint density at radius 3 is 2.62 bits per heavy atom. The van der Waals surface area contributed by atoms with Gasteiger partial charge in [0.05, 0.1) is 12.7 Å². The highest BCUT2D eigenvalue weighted by Crippen LogP contribution is 2.27. The average molecular weight is 352 g/mol. The number of ether oxygens (including phenoxy) is 1. The number of para-hydroxylation sites is 1. The third-order valence-corrected chi connectivity index (χ3v) is 4.42. The van der Waals surface area contributed by atoms with Gasteiger partial charge in [-0.3, -0.25) is 9.59 Å². The fourth-order valence-electron chi connectivity index (χ4n) is 2.98. The van der Waals surface area contributed by atoms with Crippen LogP contribution in [-0.4, -0.2) is 24.9 Å². The van der Waals surface area contributed by atoms with Crippen LogP contribution < -0.4 is 10.6 Å². The number of anilines is 2. The summed E-state index contributed by atoms with van der Waals surface area (Å²) >= 11 is 0. The van der Waals surface area contributed by atoms with Crippen molar-refractivity contribution in [3.63, 3.8) is 0 Å². The maximum Gasteiger partial charge on any atom is 0.337 e. The minimum atomic E-state index is -0.425. The molecule has 6 heteroatoms. The Labute approximate surface area is 151 Å². The summed E-state index contributed by atoms with van der Waals surface area (Å²) in [6.07, 6.45) is 1.37. The third kappa shape index (κ3) is 4.08. The molecule has 0 aromatic heterocycles. The first-order valence-corrected chi connectivity index (χ1v) is 8.44. The standard InChI is InChI=1S/C20H20N2O4/c1-26-20(25)13-6-9-16(10-7-13)21-18(23)11-8-15-12-14-4-2-3-5-17(14)22-19(15)24/h2-7,9-10,15H,8,11-12H2,1H3,(H,21,23)(H,22,24). The zero-order valence-electron chi connectivity index (χ0n) is 14.5. The van der Waals surface area contributed by atoms with Crippen molar-refractivity contribution in [2.75, 3.05) is 17.7 Å². The van der Waals surface area contributed by atoms with E-state index >= 15 is 0 Å². The Morgan fingerprint density at radius 1 is 1.15 bits per heavy atom. The first-order valence-electron chi connectivity index (χ1n) is 8.44. The number of carbonyl (C=O) groups excluding carboxylic acids is 3. The van der Waals surface area contributed by atoms with Crippen LogP contribution in [0.15, 0.2) is 48.5 Å². The molecular formula is C20H20N2O4. The molecule has 2 N–H and O–H groups in total. The van der Waals surface area contributed by atoms with Crippen molar-refractivity contribution in [1.82, 2.24) is 0 Å². The molecule has 2 aromatic carbocycles. The average Bonchev–Trinajstić information content (AvgIpc) is 2.66. The molecule has 1 heterocycles. The number of fused-ring (bicyclic) bond motifs is 1. The number of benzene rings is 2. The molecule has 1 aliphatic heterocycles. The zero-order valence-corrected chi connectivity index (χ0v) is 14.5. The number of esters is 1. The number of hydrogen-bond donors (Lipinski definition) is 2. The molecule has 6 nitrogen and oxygen atoms in total. The van der Waals surface area contributed by atoms with E-state index in [-0.39, 0.29) is 24.2 Å². The van der Waals surface area contributed by atoms with E-state index < -0.39 is 5.97 Å². The van der Waals surface area contributed by atoms with Gasteiger partial charge < -0.3 is 15.4 Å². The topological polar surface area (TPSA) is 84.5 Å². The van der Waals surface area contributed by atoms with Crippen LogP contribution in [0.2, 0.25) is 0 Å². The first-order chi connectivity index (χ1) is 12.6. The summed E-state index contributed by atoms with van der Waals surface area (Å²) in [5.41, 5.74) is 2.96. The van der Waals surface area contributed by atoms with Crippen LogP contribution in [0.1, 0.15) is 28.8 Å². The molecule has 134 valence electrons. The van der Waals surface area contributed by atoms with Crippen molar-refractivity contribution in [1.29, 1.82) is 0 Å². The molecule has 2 amide bonds. The molecule has 1 aliphatic rings. The summed E-state index contributed by atoms with van der Waals surface area (Å²) in [7, 11) is 1.32. The van der Waals surface area contributed by atoms with Gasteiger partial charge in [0.2, 0.25) is 11.8 Å². The lowest BCUT2D eigenvalue weighted by Gasteiger charge is -2.24. The number of methoxy groups -OCH3 is 1. The molecule has 26 heavy (non-hydrogen) atoms. The van der Waals surface area contributed by atoms with Crippen LogP contribution in [0.25, 0.3) is 0 Å². The van der Waals surface area contributed by atoms with Gasteiger partial charge in [0.25, 0.3) is 0 Å². The molecule has 3 rings (SSSR count). The Kier molecular flexibility index (Phi) is 5.31. The van der Waals surface area contributed by atoms with E-state index in [2.05, 4.69) is 15.4 Å². The van der Waals surface area contributed by atoms with E-state index in [1.54, 1.807) is 24.3 Å². The number of rotatable bonds is 5. The van der Waals surface area contributed by atoms with E-state index in [1.165, 1.54) is 7.11 Å². The fraction of sp³-hybridized carbons (Fsp3) is 0.250. The SMILES string of the molecule is COC(=O)c1ccc(NC(=O)CCC2Cc3ccccc3NC2=O)cc1. The van der Waals surface area contributed by atoms with Crippen molar-refractivity contribution in [3.05, 3.63) is 59.7 Å². The van der Waals surface area contributed by atoms with E-state index in [9.17, 15) is 14.4 Å². The second kappa shape index (κ2) is 7.82. The van der Waals surface area contributed by atoms with Gasteiger partial charge in [-0.05, 0) is 48.7 Å². The Balaban J connectivity index is 1.53. The van der Waals surface area contributed by atoms with E-state index in [4.69, 9.17) is 0 Å². The lowest BCUT2D eigenvalue weighted by atomic mass is 9.89. The van der Waals surface area contributed by atoms with Crippen LogP contribution in [0.3, 0.4) is 0 Å². The molecule has 0 fully saturated rings. The molecule has 1 atom stereocenters. The third-order valence-electron chi connectivity index (χ3n) is 4.42. The van der Waals surface area contributed by atoms with Gasteiger partial charge in [-0.1, -0.05) is 18.2 Å². The van der Waals surface area contributed by atoms with Crippen molar-refractivity contribution >= 4 is 29.2 Å². The molecule has 2 aromatic rings. The summed E-state index contributed by atoms with van der Waals surface area (Å²) in [6.45, 7) is 0. The van der Waals surface area contributed by atoms with E-state index in [1.807, 2.05) is 24.3 Å². The maximum absolute atomic E-state index is 12.2. The largest absolute Gasteiger partial charge is 0.465 e. The molecule has 0 aliphatic carbocycles. The first kappa shape index (κ1) is 17.7. The smallest absolute Gasteiger partial charge is 0.337 e. The van der Waals surface area contributed by atoms with Gasteiger partial charge in [0.15, 0.2) is 0 Å². The molecule has 0 saturated carbocycles. The molecule has 1 unspecified atom stereocenters. The number of hydrogen-bond acceptors (Lipinski definition) is 4. The summed E-state index contributed by atoms with van der Waals surface area (Å²) in [5.74, 6) is -0.842. The number of nitrogens with one attached hydrogen (secondary N) is 2. The lowest BCUT2D eigenvalue weighted by Crippen LogP contribution is -2.30. The van der Waals surface area contributed by atoms with Crippen LogP contribution in [0.5, 0.6) is 0 Å². The van der Waals surface area contributed by atoms with Gasteiger partial charge >= 0.3 is 5.97 Å². The van der Waals surface area contributed by atoms with Gasteiger partial charge in [0.1, 0.15) is 0 Å². The Hall–Kier alpha value is -3.15. The van der Waals surface area contributed by atoms with E-state index in [0.29, 0.717) is 24.1 Å². The predicted molar refractivity (Wildman–Crippen MR) is 97.9 cm³/mol. The Morgan fingerprint density at radius 2 is 1.88 bits per heavy atom. The van der Waals surface area contributed by atoms with Crippen LogP contribution >= 0.6 is 0 Å². The van der Waals surface area contributed by atoms with Crippen molar-refractivity contribution in [2.24, 2.45) is 5.92 Å². The molecular weight excluding hydrogens is 332 g/mol. The van der Waals surface area contributed by atoms with Crippen LogP contribution in [0.4, 0.5) is 11.4 Å². The predicted octanol–water partition coefficient (Wildman–Crippen LogP) is 3.00. The second-order valence-corrected chi connectivity index (χ2v) is 6.20. The number of carbonyl (C=O) groups is 3. The lowest BCUT2D eigenvalue weighted by molar-refractivity contribution is -0.121. The summed E-state index contributed by atoms with van der Waals surface area (Å²) < 4.78 is 4.63. The highest BCUT2D eigenvalue weighted by molar-refractivity contribution is 5.97. The highest BCUT2D eigenvalue weighted by Gasteiger charge is 2.26. The van der Waals surface area contributed by atoms with Gasteiger partial charge in [-0.15, -0.1) is 0 Å². The fourth-order valence-corrected chi connectivity index (χ4v) is 2.98. The van der Waals surface area contributed by atoms with Crippen molar-refractivity contribution < 1.29 is 19.1 Å². The maximum atomic E-state index is 12.2. The molecule has 0 bridgehead atoms. The summed E-state index contributed by atoms with van der Waals surface area (Å²) in [6, 6.07) is 14.2. The minimum Gasteiger partial charge on any atom is -0.465 e. The monoisotopic (exact) mass is 352 g/mol. The molecule has 0 radical (unpaired) electrons. The van der Waals surface area contributed by atoms with Crippen LogP contribution in [0, 0.1) is 5.92 Å². The van der Waals surface area contributed by atoms with Gasteiger partial charge in [-0.25, -0.2) is 4.79 Å². The van der Waals surface area contributed by atoms with Crippen LogP contribution in [-0.2, 0) is 20.7 Å². The summed E-state index contributed by atoms with van der Waals surface area (Å²) in [4.78, 5) is 35.7. The second-order valence-electron chi connectivity index (χ2n) is 6.20. The molecule has 0 spiro atoms. The molecule has 0 saturated heterocycles. The van der Waals surface area contributed by atoms with Crippen molar-refractivity contribution in [3.8, 4) is 0 Å². The normalized spacial score (nSPS) is 15.6. The summed E-state index contributed by atoms with van der Waals surface area (Å²) in [5, 5.41) is 5.67. The zero-order chi connectivity index (χ0) is 18.5. The van der Waals surface area contributed by atoms with Gasteiger partial charge in [-0.2, -0.15) is 0 Å². The quantitative estimate of drug-likeness (QED) is 0.810. The Bertz CT molecular complexity index is 830. The highest BCUT2D eigenvalue weighted by atomic mass is 16.5. The minimum absolute atomic E-state index is 0.0427. The number of amides is 2. The van der Waals surface area contributed by atoms with Gasteiger partial charge in [0, 0.05) is 23.7 Å². The van der Waals surface area contributed by atoms with Crippen molar-refractivity contribution in [2.45, 2.75) is 19.3 Å². The van der Waals surface area contributed by atoms with E-state index in [0.717, 1.165) is 11.3 Å².